The van der Waals surface area contributed by atoms with E-state index in [2.05, 4.69) is 52.8 Å². The van der Waals surface area contributed by atoms with Crippen molar-refractivity contribution in [3.63, 3.8) is 0 Å². The first-order valence-corrected chi connectivity index (χ1v) is 6.08. The summed E-state index contributed by atoms with van der Waals surface area (Å²) in [5.74, 6) is 0. The standard InChI is InChI=1S/C12H16N4S/c1-2-16-6-5-10-7-9(3-4-11(10)16)8-14-15-12(13)17/h3-4,7-8H,2,5-6H2,1H3,(H3,13,15,17). The largest absolute Gasteiger partial charge is 0.375 e. The molecular weight excluding hydrogens is 232 g/mol. The molecule has 0 aromatic heterocycles. The van der Waals surface area contributed by atoms with Gasteiger partial charge >= 0.3 is 0 Å². The highest BCUT2D eigenvalue weighted by atomic mass is 32.1. The van der Waals surface area contributed by atoms with Crippen LogP contribution in [-0.4, -0.2) is 24.4 Å². The molecule has 1 aromatic carbocycles. The number of anilines is 1. The van der Waals surface area contributed by atoms with Gasteiger partial charge in [0.05, 0.1) is 6.21 Å². The average Bonchev–Trinajstić information content (AvgIpc) is 2.70. The lowest BCUT2D eigenvalue weighted by Crippen LogP contribution is -2.24. The number of nitrogens with zero attached hydrogens (tertiary/aromatic N) is 2. The SMILES string of the molecule is CCN1CCc2cc(C=NNC(N)=S)ccc21. The summed E-state index contributed by atoms with van der Waals surface area (Å²) in [5.41, 5.74) is 11.6. The van der Waals surface area contributed by atoms with Gasteiger partial charge in [0.2, 0.25) is 0 Å². The number of hydrazone groups is 1. The van der Waals surface area contributed by atoms with Gasteiger partial charge in [0.1, 0.15) is 0 Å². The summed E-state index contributed by atoms with van der Waals surface area (Å²) in [7, 11) is 0. The van der Waals surface area contributed by atoms with Gasteiger partial charge in [0, 0.05) is 18.8 Å². The van der Waals surface area contributed by atoms with Crippen LogP contribution in [0.15, 0.2) is 23.3 Å². The van der Waals surface area contributed by atoms with Crippen LogP contribution in [0, 0.1) is 0 Å². The molecule has 1 heterocycles. The summed E-state index contributed by atoms with van der Waals surface area (Å²) in [6, 6.07) is 6.36. The highest BCUT2D eigenvalue weighted by Crippen LogP contribution is 2.27. The van der Waals surface area contributed by atoms with E-state index >= 15 is 0 Å². The molecule has 0 atom stereocenters. The molecule has 0 amide bonds. The van der Waals surface area contributed by atoms with Gasteiger partial charge in [-0.15, -0.1) is 0 Å². The molecule has 1 aromatic rings. The van der Waals surface area contributed by atoms with Gasteiger partial charge in [-0.1, -0.05) is 6.07 Å². The predicted octanol–water partition coefficient (Wildman–Crippen LogP) is 1.24. The molecule has 0 fully saturated rings. The molecular formula is C12H16N4S. The average molecular weight is 248 g/mol. The van der Waals surface area contributed by atoms with Gasteiger partial charge in [0.25, 0.3) is 0 Å². The second-order valence-electron chi connectivity index (χ2n) is 3.95. The molecule has 3 N–H and O–H groups in total. The molecule has 0 saturated heterocycles. The van der Waals surface area contributed by atoms with E-state index in [0.29, 0.717) is 0 Å². The zero-order chi connectivity index (χ0) is 12.3. The van der Waals surface area contributed by atoms with Crippen molar-refractivity contribution in [2.24, 2.45) is 10.8 Å². The molecule has 1 aliphatic heterocycles. The number of nitrogens with one attached hydrogen (secondary N) is 1. The van der Waals surface area contributed by atoms with E-state index in [1.807, 2.05) is 0 Å². The summed E-state index contributed by atoms with van der Waals surface area (Å²) in [5, 5.41) is 4.13. The molecule has 0 unspecified atom stereocenters. The van der Waals surface area contributed by atoms with Crippen molar-refractivity contribution < 1.29 is 0 Å². The van der Waals surface area contributed by atoms with Crippen molar-refractivity contribution in [3.05, 3.63) is 29.3 Å². The van der Waals surface area contributed by atoms with Crippen LogP contribution in [0.2, 0.25) is 0 Å². The van der Waals surface area contributed by atoms with E-state index in [1.165, 1.54) is 11.3 Å². The molecule has 5 heteroatoms. The van der Waals surface area contributed by atoms with Gasteiger partial charge in [-0.25, -0.2) is 0 Å². The quantitative estimate of drug-likeness (QED) is 0.480. The Morgan fingerprint density at radius 3 is 3.18 bits per heavy atom. The van der Waals surface area contributed by atoms with E-state index in [9.17, 15) is 0 Å². The van der Waals surface area contributed by atoms with Crippen molar-refractivity contribution >= 4 is 29.2 Å². The van der Waals surface area contributed by atoms with Gasteiger partial charge in [-0.3, -0.25) is 5.43 Å². The van der Waals surface area contributed by atoms with E-state index in [-0.39, 0.29) is 5.11 Å². The zero-order valence-corrected chi connectivity index (χ0v) is 10.6. The van der Waals surface area contributed by atoms with Crippen molar-refractivity contribution in [3.8, 4) is 0 Å². The Hall–Kier alpha value is -1.62. The maximum atomic E-state index is 5.28. The normalized spacial score (nSPS) is 14.1. The first-order chi connectivity index (χ1) is 8.20. The van der Waals surface area contributed by atoms with E-state index in [1.54, 1.807) is 6.21 Å². The Bertz CT molecular complexity index is 456. The number of nitrogens with two attached hydrogens (primary N) is 1. The predicted molar refractivity (Wildman–Crippen MR) is 75.5 cm³/mol. The van der Waals surface area contributed by atoms with E-state index in [4.69, 9.17) is 5.73 Å². The Morgan fingerprint density at radius 1 is 1.65 bits per heavy atom. The lowest BCUT2D eigenvalue weighted by molar-refractivity contribution is 0.868. The van der Waals surface area contributed by atoms with Crippen LogP contribution in [-0.2, 0) is 6.42 Å². The topological polar surface area (TPSA) is 53.6 Å². The number of likely N-dealkylation sites (N-methyl/N-ethyl adjacent to an activating group) is 1. The molecule has 0 spiro atoms. The number of rotatable bonds is 3. The van der Waals surface area contributed by atoms with Gasteiger partial charge in [-0.05, 0) is 48.8 Å². The second-order valence-corrected chi connectivity index (χ2v) is 4.39. The highest BCUT2D eigenvalue weighted by Gasteiger charge is 2.16. The van der Waals surface area contributed by atoms with Gasteiger partial charge < -0.3 is 10.6 Å². The van der Waals surface area contributed by atoms with E-state index in [0.717, 1.165) is 25.1 Å². The summed E-state index contributed by atoms with van der Waals surface area (Å²) in [6.45, 7) is 4.34. The molecule has 0 saturated carbocycles. The van der Waals surface area contributed by atoms with Gasteiger partial charge in [0.15, 0.2) is 5.11 Å². The first kappa shape index (κ1) is 11.9. The molecule has 0 aliphatic carbocycles. The highest BCUT2D eigenvalue weighted by molar-refractivity contribution is 7.80. The van der Waals surface area contributed by atoms with Crippen LogP contribution < -0.4 is 16.1 Å². The summed E-state index contributed by atoms with van der Waals surface area (Å²) >= 11 is 4.67. The smallest absolute Gasteiger partial charge is 0.184 e. The summed E-state index contributed by atoms with van der Waals surface area (Å²) in [6.07, 6.45) is 2.83. The second kappa shape index (κ2) is 5.14. The van der Waals surface area contributed by atoms with Crippen molar-refractivity contribution in [1.82, 2.24) is 5.43 Å². The number of thiocarbonyl (C=S) groups is 1. The van der Waals surface area contributed by atoms with Crippen LogP contribution in [0.1, 0.15) is 18.1 Å². The third kappa shape index (κ3) is 2.74. The number of hydrogen-bond donors (Lipinski definition) is 2. The lowest BCUT2D eigenvalue weighted by atomic mass is 10.1. The minimum absolute atomic E-state index is 0.180. The number of benzene rings is 1. The fourth-order valence-corrected chi connectivity index (χ4v) is 2.12. The summed E-state index contributed by atoms with van der Waals surface area (Å²) in [4.78, 5) is 2.38. The molecule has 0 radical (unpaired) electrons. The maximum Gasteiger partial charge on any atom is 0.184 e. The molecule has 4 nitrogen and oxygen atoms in total. The molecule has 90 valence electrons. The molecule has 17 heavy (non-hydrogen) atoms. The van der Waals surface area contributed by atoms with Crippen LogP contribution in [0.4, 0.5) is 5.69 Å². The fraction of sp³-hybridized carbons (Fsp3) is 0.333. The Labute approximate surface area is 106 Å². The maximum absolute atomic E-state index is 5.28. The number of hydrogen-bond acceptors (Lipinski definition) is 3. The fourth-order valence-electron chi connectivity index (χ4n) is 2.07. The first-order valence-electron chi connectivity index (χ1n) is 5.67. The van der Waals surface area contributed by atoms with Crippen molar-refractivity contribution in [1.29, 1.82) is 0 Å². The van der Waals surface area contributed by atoms with E-state index < -0.39 is 0 Å². The minimum Gasteiger partial charge on any atom is -0.375 e. The third-order valence-electron chi connectivity index (χ3n) is 2.87. The zero-order valence-electron chi connectivity index (χ0n) is 9.81. The minimum atomic E-state index is 0.180. The van der Waals surface area contributed by atoms with Crippen LogP contribution in [0.25, 0.3) is 0 Å². The third-order valence-corrected chi connectivity index (χ3v) is 2.96. The van der Waals surface area contributed by atoms with Crippen molar-refractivity contribution in [2.75, 3.05) is 18.0 Å². The van der Waals surface area contributed by atoms with Crippen LogP contribution >= 0.6 is 12.2 Å². The van der Waals surface area contributed by atoms with Crippen LogP contribution in [0.3, 0.4) is 0 Å². The van der Waals surface area contributed by atoms with Crippen LogP contribution in [0.5, 0.6) is 0 Å². The Balaban J connectivity index is 2.13. The molecule has 2 rings (SSSR count). The monoisotopic (exact) mass is 248 g/mol. The van der Waals surface area contributed by atoms with Gasteiger partial charge in [-0.2, -0.15) is 5.10 Å². The lowest BCUT2D eigenvalue weighted by Gasteiger charge is -2.16. The number of fused-ring (bicyclic) bond motifs is 1. The Kier molecular flexibility index (Phi) is 3.58. The Morgan fingerprint density at radius 2 is 2.47 bits per heavy atom. The molecule has 0 bridgehead atoms. The molecule has 1 aliphatic rings. The van der Waals surface area contributed by atoms with Crippen molar-refractivity contribution in [2.45, 2.75) is 13.3 Å². The summed E-state index contributed by atoms with van der Waals surface area (Å²) < 4.78 is 0.